The van der Waals surface area contributed by atoms with Crippen LogP contribution in [0.4, 0.5) is 10.1 Å². The Morgan fingerprint density at radius 3 is 2.62 bits per heavy atom. The summed E-state index contributed by atoms with van der Waals surface area (Å²) >= 11 is 0. The van der Waals surface area contributed by atoms with Gasteiger partial charge < -0.3 is 5.11 Å². The minimum atomic E-state index is -1.18. The van der Waals surface area contributed by atoms with E-state index in [9.17, 15) is 19.3 Å². The first-order valence-electron chi connectivity index (χ1n) is 3.18. The average molecular weight is 185 g/mol. The molecule has 1 aromatic carbocycles. The molecule has 68 valence electrons. The number of carbonyl (C=O) groups excluding carboxylic acids is 1. The van der Waals surface area contributed by atoms with E-state index in [4.69, 9.17) is 5.11 Å². The van der Waals surface area contributed by atoms with Crippen LogP contribution in [-0.4, -0.2) is 16.3 Å². The van der Waals surface area contributed by atoms with Crippen molar-refractivity contribution in [1.82, 2.24) is 0 Å². The summed E-state index contributed by atoms with van der Waals surface area (Å²) in [5, 5.41) is 19.1. The van der Waals surface area contributed by atoms with Gasteiger partial charge in [-0.15, -0.1) is 0 Å². The Bertz CT molecular complexity index is 377. The molecule has 0 bridgehead atoms. The Morgan fingerprint density at radius 2 is 2.15 bits per heavy atom. The third kappa shape index (κ3) is 1.61. The Balaban J connectivity index is 3.41. The first-order valence-corrected chi connectivity index (χ1v) is 3.18. The van der Waals surface area contributed by atoms with Gasteiger partial charge in [-0.3, -0.25) is 14.9 Å². The molecular weight excluding hydrogens is 181 g/mol. The maximum atomic E-state index is 12.7. The smallest absolute Gasteiger partial charge is 0.314 e. The number of nitro groups is 1. The maximum Gasteiger partial charge on any atom is 0.314 e. The highest BCUT2D eigenvalue weighted by Gasteiger charge is 2.18. The van der Waals surface area contributed by atoms with Gasteiger partial charge in [0.05, 0.1) is 4.92 Å². The topological polar surface area (TPSA) is 80.4 Å². The molecule has 13 heavy (non-hydrogen) atoms. The molecule has 1 rings (SSSR count). The minimum Gasteiger partial charge on any atom is -0.500 e. The quantitative estimate of drug-likeness (QED) is 0.427. The van der Waals surface area contributed by atoms with Crippen molar-refractivity contribution in [3.05, 3.63) is 33.6 Å². The SMILES string of the molecule is O=Cc1cc(F)c(O)c([N+](=O)[O-])c1. The normalized spacial score (nSPS) is 9.62. The van der Waals surface area contributed by atoms with E-state index < -0.39 is 22.2 Å². The molecule has 0 amide bonds. The fourth-order valence-electron chi connectivity index (χ4n) is 0.812. The van der Waals surface area contributed by atoms with E-state index >= 15 is 0 Å². The van der Waals surface area contributed by atoms with Gasteiger partial charge in [0.15, 0.2) is 5.82 Å². The summed E-state index contributed by atoms with van der Waals surface area (Å²) in [6, 6.07) is 1.51. The highest BCUT2D eigenvalue weighted by molar-refractivity contribution is 5.77. The van der Waals surface area contributed by atoms with Crippen LogP contribution in [0.2, 0.25) is 0 Å². The van der Waals surface area contributed by atoms with E-state index in [1.165, 1.54) is 0 Å². The van der Waals surface area contributed by atoms with Crippen LogP contribution in [0.5, 0.6) is 5.75 Å². The third-order valence-corrected chi connectivity index (χ3v) is 1.40. The third-order valence-electron chi connectivity index (χ3n) is 1.40. The number of benzene rings is 1. The maximum absolute atomic E-state index is 12.7. The van der Waals surface area contributed by atoms with Crippen LogP contribution in [-0.2, 0) is 0 Å². The standard InChI is InChI=1S/C7H4FNO4/c8-5-1-4(3-10)2-6(7(5)11)9(12)13/h1-3,11H. The highest BCUT2D eigenvalue weighted by Crippen LogP contribution is 2.29. The molecule has 5 nitrogen and oxygen atoms in total. The molecule has 0 atom stereocenters. The lowest BCUT2D eigenvalue weighted by molar-refractivity contribution is -0.386. The van der Waals surface area contributed by atoms with E-state index in [2.05, 4.69) is 0 Å². The second-order valence-corrected chi connectivity index (χ2v) is 2.25. The Labute approximate surface area is 71.6 Å². The van der Waals surface area contributed by atoms with Crippen LogP contribution in [0.1, 0.15) is 10.4 Å². The van der Waals surface area contributed by atoms with Gasteiger partial charge in [-0.2, -0.15) is 0 Å². The van der Waals surface area contributed by atoms with E-state index in [1.807, 2.05) is 0 Å². The van der Waals surface area contributed by atoms with Crippen LogP contribution in [0, 0.1) is 15.9 Å². The summed E-state index contributed by atoms with van der Waals surface area (Å²) in [6.07, 6.45) is 0.259. The molecule has 1 N–H and O–H groups in total. The van der Waals surface area contributed by atoms with Gasteiger partial charge in [0.2, 0.25) is 5.75 Å². The van der Waals surface area contributed by atoms with E-state index in [1.54, 1.807) is 0 Å². The number of aromatic hydroxyl groups is 1. The van der Waals surface area contributed by atoms with Crippen LogP contribution < -0.4 is 0 Å². The lowest BCUT2D eigenvalue weighted by Gasteiger charge is -1.97. The van der Waals surface area contributed by atoms with Crippen LogP contribution in [0.3, 0.4) is 0 Å². The molecule has 0 spiro atoms. The van der Waals surface area contributed by atoms with Crippen molar-refractivity contribution in [3.63, 3.8) is 0 Å². The molecule has 0 fully saturated rings. The van der Waals surface area contributed by atoms with Gasteiger partial charge in [0.25, 0.3) is 0 Å². The fraction of sp³-hybridized carbons (Fsp3) is 0. The van der Waals surface area contributed by atoms with Crippen molar-refractivity contribution in [2.24, 2.45) is 0 Å². The molecule has 0 aliphatic rings. The number of hydrogen-bond donors (Lipinski definition) is 1. The van der Waals surface area contributed by atoms with Gasteiger partial charge in [-0.25, -0.2) is 4.39 Å². The van der Waals surface area contributed by atoms with Gasteiger partial charge >= 0.3 is 5.69 Å². The Hall–Kier alpha value is -1.98. The number of rotatable bonds is 2. The Kier molecular flexibility index (Phi) is 2.23. The van der Waals surface area contributed by atoms with Gasteiger partial charge in [-0.05, 0) is 6.07 Å². The summed E-state index contributed by atoms with van der Waals surface area (Å²) in [4.78, 5) is 19.4. The first-order chi connectivity index (χ1) is 6.06. The Morgan fingerprint density at radius 1 is 1.54 bits per heavy atom. The van der Waals surface area contributed by atoms with Gasteiger partial charge in [-0.1, -0.05) is 0 Å². The van der Waals surface area contributed by atoms with Crippen LogP contribution in [0.25, 0.3) is 0 Å². The van der Waals surface area contributed by atoms with E-state index in [0.29, 0.717) is 0 Å². The van der Waals surface area contributed by atoms with Gasteiger partial charge in [0.1, 0.15) is 6.29 Å². The molecule has 0 saturated heterocycles. The van der Waals surface area contributed by atoms with Crippen LogP contribution in [0.15, 0.2) is 12.1 Å². The number of phenols is 1. The largest absolute Gasteiger partial charge is 0.500 e. The zero-order chi connectivity index (χ0) is 10.0. The summed E-state index contributed by atoms with van der Waals surface area (Å²) < 4.78 is 12.7. The summed E-state index contributed by atoms with van der Waals surface area (Å²) in [6.45, 7) is 0. The summed E-state index contributed by atoms with van der Waals surface area (Å²) in [5.41, 5.74) is -1.01. The number of nitro benzene ring substituents is 1. The molecule has 1 aromatic rings. The minimum absolute atomic E-state index is 0.193. The second-order valence-electron chi connectivity index (χ2n) is 2.25. The first kappa shape index (κ1) is 9.11. The predicted octanol–water partition coefficient (Wildman–Crippen LogP) is 1.25. The van der Waals surface area contributed by atoms with Crippen LogP contribution >= 0.6 is 0 Å². The van der Waals surface area contributed by atoms with E-state index in [0.717, 1.165) is 12.1 Å². The molecule has 0 aliphatic heterocycles. The van der Waals surface area contributed by atoms with Crippen molar-refractivity contribution in [3.8, 4) is 5.75 Å². The summed E-state index contributed by atoms with van der Waals surface area (Å²) in [7, 11) is 0. The van der Waals surface area contributed by atoms with Crippen molar-refractivity contribution < 1.29 is 19.2 Å². The zero-order valence-electron chi connectivity index (χ0n) is 6.23. The number of phenolic OH excluding ortho intramolecular Hbond substituents is 1. The van der Waals surface area contributed by atoms with Crippen molar-refractivity contribution >= 4 is 12.0 Å². The van der Waals surface area contributed by atoms with Crippen molar-refractivity contribution in [2.45, 2.75) is 0 Å². The number of halogens is 1. The van der Waals surface area contributed by atoms with Crippen molar-refractivity contribution in [1.29, 1.82) is 0 Å². The molecule has 0 radical (unpaired) electrons. The average Bonchev–Trinajstić information content (AvgIpc) is 2.09. The summed E-state index contributed by atoms with van der Waals surface area (Å²) in [5.74, 6) is -2.24. The molecule has 0 saturated carbocycles. The lowest BCUT2D eigenvalue weighted by atomic mass is 10.2. The molecule has 0 unspecified atom stereocenters. The highest BCUT2D eigenvalue weighted by atomic mass is 19.1. The molecule has 6 heteroatoms. The van der Waals surface area contributed by atoms with Gasteiger partial charge in [0, 0.05) is 11.6 Å². The number of nitrogens with zero attached hydrogens (tertiary/aromatic N) is 1. The van der Waals surface area contributed by atoms with Crippen molar-refractivity contribution in [2.75, 3.05) is 0 Å². The molecule has 0 aromatic heterocycles. The second kappa shape index (κ2) is 3.18. The molecule has 0 heterocycles. The monoisotopic (exact) mass is 185 g/mol. The lowest BCUT2D eigenvalue weighted by Crippen LogP contribution is -1.93. The predicted molar refractivity (Wildman–Crippen MR) is 40.1 cm³/mol. The fourth-order valence-corrected chi connectivity index (χ4v) is 0.812. The van der Waals surface area contributed by atoms with E-state index in [-0.39, 0.29) is 11.8 Å². The molecule has 0 aliphatic carbocycles. The zero-order valence-corrected chi connectivity index (χ0v) is 6.23. The molecular formula is C7H4FNO4. The number of hydrogen-bond acceptors (Lipinski definition) is 4. The number of aldehydes is 1. The number of carbonyl (C=O) groups is 1.